The van der Waals surface area contributed by atoms with Crippen LogP contribution in [0.1, 0.15) is 53.2 Å². The number of carbonyl (C=O) groups is 2. The average Bonchev–Trinajstić information content (AvgIpc) is 2.90. The number of methoxy groups -OCH3 is 3. The summed E-state index contributed by atoms with van der Waals surface area (Å²) in [5.41, 5.74) is 2.64. The Labute approximate surface area is 207 Å². The topological polar surface area (TPSA) is 83.5 Å². The Kier molecular flexibility index (Phi) is 10.4. The number of rotatable bonds is 13. The first-order valence-corrected chi connectivity index (χ1v) is 11.9. The number of fused-ring (bicyclic) bond motifs is 1. The van der Waals surface area contributed by atoms with Crippen molar-refractivity contribution >= 4 is 11.9 Å². The van der Waals surface area contributed by atoms with Crippen LogP contribution in [-0.4, -0.2) is 64.7 Å². The van der Waals surface area contributed by atoms with Gasteiger partial charge in [-0.3, -0.25) is 9.69 Å². The van der Waals surface area contributed by atoms with Crippen LogP contribution in [-0.2, 0) is 25.4 Å². The molecule has 2 aromatic carbocycles. The molecule has 1 heterocycles. The highest BCUT2D eigenvalue weighted by Crippen LogP contribution is 2.37. The molecule has 1 atom stereocenters. The Bertz CT molecular complexity index is 978. The highest BCUT2D eigenvalue weighted by molar-refractivity contribution is 5.90. The second-order valence-corrected chi connectivity index (χ2v) is 8.37. The van der Waals surface area contributed by atoms with Crippen LogP contribution >= 0.6 is 0 Å². The molecule has 0 spiro atoms. The van der Waals surface area contributed by atoms with Crippen molar-refractivity contribution in [2.75, 3.05) is 47.8 Å². The van der Waals surface area contributed by atoms with Crippen LogP contribution in [0.15, 0.2) is 42.5 Å². The molecule has 0 N–H and O–H groups in total. The normalized spacial score (nSPS) is 14.7. The van der Waals surface area contributed by atoms with Gasteiger partial charge in [0.05, 0.1) is 26.4 Å². The molecule has 1 aliphatic heterocycles. The van der Waals surface area contributed by atoms with Crippen LogP contribution in [0, 0.1) is 0 Å². The predicted molar refractivity (Wildman–Crippen MR) is 131 cm³/mol. The highest BCUT2D eigenvalue weighted by Gasteiger charge is 2.28. The number of hydrogen-bond donors (Lipinski definition) is 0. The van der Waals surface area contributed by atoms with E-state index in [9.17, 15) is 9.59 Å². The molecule has 0 aliphatic carbocycles. The lowest BCUT2D eigenvalue weighted by Gasteiger charge is -2.36. The van der Waals surface area contributed by atoms with Gasteiger partial charge in [0.15, 0.2) is 6.79 Å². The SMILES string of the molecule is COCOc1ccccc1CCN(CCCCC(=O)OC)C1CCOc2cc(C(=O)OC)ccc21. The summed E-state index contributed by atoms with van der Waals surface area (Å²) in [5.74, 6) is 0.959. The number of unbranched alkanes of at least 4 members (excludes halogenated alkanes) is 1. The first-order chi connectivity index (χ1) is 17.1. The zero-order valence-corrected chi connectivity index (χ0v) is 20.8. The van der Waals surface area contributed by atoms with E-state index in [1.165, 1.54) is 14.2 Å². The van der Waals surface area contributed by atoms with E-state index in [0.29, 0.717) is 24.3 Å². The van der Waals surface area contributed by atoms with Crippen molar-refractivity contribution in [1.29, 1.82) is 0 Å². The second-order valence-electron chi connectivity index (χ2n) is 8.37. The molecule has 8 nitrogen and oxygen atoms in total. The van der Waals surface area contributed by atoms with E-state index in [1.807, 2.05) is 24.3 Å². The van der Waals surface area contributed by atoms with Gasteiger partial charge < -0.3 is 23.7 Å². The van der Waals surface area contributed by atoms with Gasteiger partial charge in [0.25, 0.3) is 0 Å². The minimum Gasteiger partial charge on any atom is -0.493 e. The Hall–Kier alpha value is -3.10. The summed E-state index contributed by atoms with van der Waals surface area (Å²) in [6.07, 6.45) is 3.66. The van der Waals surface area contributed by atoms with Crippen LogP contribution in [0.2, 0.25) is 0 Å². The Balaban J connectivity index is 1.78. The minimum absolute atomic E-state index is 0.135. The molecular formula is C27H35NO7. The fourth-order valence-electron chi connectivity index (χ4n) is 4.34. The third-order valence-electron chi connectivity index (χ3n) is 6.16. The van der Waals surface area contributed by atoms with E-state index in [0.717, 1.165) is 55.6 Å². The number of benzene rings is 2. The number of esters is 2. The zero-order valence-electron chi connectivity index (χ0n) is 20.8. The Morgan fingerprint density at radius 2 is 1.86 bits per heavy atom. The molecule has 0 aromatic heterocycles. The van der Waals surface area contributed by atoms with Crippen LogP contribution in [0.5, 0.6) is 11.5 Å². The van der Waals surface area contributed by atoms with Crippen molar-refractivity contribution in [3.8, 4) is 11.5 Å². The molecule has 1 unspecified atom stereocenters. The molecule has 3 rings (SSSR count). The number of hydrogen-bond acceptors (Lipinski definition) is 8. The van der Waals surface area contributed by atoms with Crippen LogP contribution in [0.25, 0.3) is 0 Å². The van der Waals surface area contributed by atoms with E-state index in [-0.39, 0.29) is 24.8 Å². The van der Waals surface area contributed by atoms with Crippen LogP contribution < -0.4 is 9.47 Å². The van der Waals surface area contributed by atoms with E-state index in [1.54, 1.807) is 19.2 Å². The second kappa shape index (κ2) is 13.7. The quantitative estimate of drug-likeness (QED) is 0.238. The van der Waals surface area contributed by atoms with E-state index >= 15 is 0 Å². The zero-order chi connectivity index (χ0) is 25.0. The van der Waals surface area contributed by atoms with Gasteiger partial charge in [-0.2, -0.15) is 0 Å². The molecule has 0 saturated heterocycles. The molecule has 35 heavy (non-hydrogen) atoms. The molecule has 0 radical (unpaired) electrons. The lowest BCUT2D eigenvalue weighted by Crippen LogP contribution is -2.35. The van der Waals surface area contributed by atoms with Gasteiger partial charge in [0.2, 0.25) is 0 Å². The van der Waals surface area contributed by atoms with Gasteiger partial charge in [0.1, 0.15) is 11.5 Å². The Morgan fingerprint density at radius 1 is 1.03 bits per heavy atom. The number of carbonyl (C=O) groups excluding carboxylic acids is 2. The van der Waals surface area contributed by atoms with Gasteiger partial charge in [-0.25, -0.2) is 4.79 Å². The molecule has 0 fully saturated rings. The number of nitrogens with zero attached hydrogens (tertiary/aromatic N) is 1. The maximum atomic E-state index is 12.0. The van der Waals surface area contributed by atoms with Crippen LogP contribution in [0.3, 0.4) is 0 Å². The lowest BCUT2D eigenvalue weighted by atomic mass is 9.96. The maximum absolute atomic E-state index is 12.0. The molecule has 8 heteroatoms. The van der Waals surface area contributed by atoms with Gasteiger partial charge in [0, 0.05) is 38.1 Å². The van der Waals surface area contributed by atoms with Gasteiger partial charge >= 0.3 is 11.9 Å². The van der Waals surface area contributed by atoms with Gasteiger partial charge in [-0.15, -0.1) is 0 Å². The van der Waals surface area contributed by atoms with Gasteiger partial charge in [-0.05, 0) is 49.6 Å². The molecular weight excluding hydrogens is 450 g/mol. The lowest BCUT2D eigenvalue weighted by molar-refractivity contribution is -0.140. The fourth-order valence-corrected chi connectivity index (χ4v) is 4.34. The summed E-state index contributed by atoms with van der Waals surface area (Å²) in [4.78, 5) is 26.0. The fraction of sp³-hybridized carbons (Fsp3) is 0.481. The molecule has 2 aromatic rings. The number of para-hydroxylation sites is 1. The minimum atomic E-state index is -0.383. The standard InChI is InChI=1S/C27H35NO7/c1-31-19-35-24-9-5-4-8-20(24)13-16-28(15-7-6-10-26(29)32-2)23-14-17-34-25-18-21(27(30)33-3)11-12-22(23)25/h4-5,8-9,11-12,18,23H,6-7,10,13-17,19H2,1-3H3. The molecule has 190 valence electrons. The third kappa shape index (κ3) is 7.44. The van der Waals surface area contributed by atoms with Crippen molar-refractivity contribution in [3.63, 3.8) is 0 Å². The average molecular weight is 486 g/mol. The molecule has 0 bridgehead atoms. The molecule has 1 aliphatic rings. The molecule has 0 amide bonds. The highest BCUT2D eigenvalue weighted by atomic mass is 16.7. The summed E-state index contributed by atoms with van der Waals surface area (Å²) in [6.45, 7) is 2.38. The van der Waals surface area contributed by atoms with Crippen LogP contribution in [0.4, 0.5) is 0 Å². The van der Waals surface area contributed by atoms with E-state index in [2.05, 4.69) is 11.0 Å². The van der Waals surface area contributed by atoms with Gasteiger partial charge in [-0.1, -0.05) is 24.3 Å². The summed E-state index contributed by atoms with van der Waals surface area (Å²) < 4.78 is 26.4. The Morgan fingerprint density at radius 3 is 2.63 bits per heavy atom. The van der Waals surface area contributed by atoms with Crippen molar-refractivity contribution in [2.24, 2.45) is 0 Å². The first-order valence-electron chi connectivity index (χ1n) is 11.9. The summed E-state index contributed by atoms with van der Waals surface area (Å²) in [7, 11) is 4.39. The third-order valence-corrected chi connectivity index (χ3v) is 6.16. The maximum Gasteiger partial charge on any atom is 0.337 e. The monoisotopic (exact) mass is 485 g/mol. The van der Waals surface area contributed by atoms with E-state index < -0.39 is 0 Å². The van der Waals surface area contributed by atoms with E-state index in [4.69, 9.17) is 23.7 Å². The number of ether oxygens (including phenoxy) is 5. The van der Waals surface area contributed by atoms with Crippen molar-refractivity contribution in [3.05, 3.63) is 59.2 Å². The van der Waals surface area contributed by atoms with Crippen molar-refractivity contribution < 1.29 is 33.3 Å². The smallest absolute Gasteiger partial charge is 0.337 e. The van der Waals surface area contributed by atoms with Crippen molar-refractivity contribution in [1.82, 2.24) is 4.90 Å². The van der Waals surface area contributed by atoms with Crippen molar-refractivity contribution in [2.45, 2.75) is 38.1 Å². The summed E-state index contributed by atoms with van der Waals surface area (Å²) in [6, 6.07) is 13.6. The predicted octanol–water partition coefficient (Wildman–Crippen LogP) is 4.17. The molecule has 0 saturated carbocycles. The summed E-state index contributed by atoms with van der Waals surface area (Å²) in [5, 5.41) is 0. The first kappa shape index (κ1) is 26.5. The summed E-state index contributed by atoms with van der Waals surface area (Å²) >= 11 is 0. The largest absolute Gasteiger partial charge is 0.493 e.